The van der Waals surface area contributed by atoms with Crippen LogP contribution in [0.3, 0.4) is 0 Å². The van der Waals surface area contributed by atoms with Crippen LogP contribution in [0.5, 0.6) is 0 Å². The topological polar surface area (TPSA) is 105 Å². The van der Waals surface area contributed by atoms with E-state index in [-0.39, 0.29) is 16.9 Å². The number of ether oxygens (including phenoxy) is 1. The Morgan fingerprint density at radius 2 is 2.28 bits per heavy atom. The third-order valence-corrected chi connectivity index (χ3v) is 2.30. The van der Waals surface area contributed by atoms with Crippen molar-refractivity contribution in [1.82, 2.24) is 0 Å². The molecule has 0 aliphatic heterocycles. The molecule has 0 aromatic heterocycles. The van der Waals surface area contributed by atoms with Gasteiger partial charge in [-0.3, -0.25) is 14.9 Å². The van der Waals surface area contributed by atoms with Gasteiger partial charge in [0.25, 0.3) is 11.6 Å². The molecule has 0 aliphatic rings. The molecule has 1 atom stereocenters. The first kappa shape index (κ1) is 13.6. The van der Waals surface area contributed by atoms with E-state index in [4.69, 9.17) is 10.00 Å². The highest BCUT2D eigenvalue weighted by molar-refractivity contribution is 5.96. The molecule has 1 N–H and O–H groups in total. The molecular formula is C11H11N3O4. The summed E-state index contributed by atoms with van der Waals surface area (Å²) in [5.74, 6) is -0.495. The van der Waals surface area contributed by atoms with Gasteiger partial charge in [0.15, 0.2) is 0 Å². The molecule has 7 heteroatoms. The number of anilines is 1. The number of methoxy groups -OCH3 is 1. The Kier molecular flexibility index (Phi) is 4.34. The Morgan fingerprint density at radius 1 is 1.61 bits per heavy atom. The molecule has 0 heterocycles. The number of benzene rings is 1. The van der Waals surface area contributed by atoms with Gasteiger partial charge in [0.05, 0.1) is 16.6 Å². The van der Waals surface area contributed by atoms with Crippen molar-refractivity contribution in [2.75, 3.05) is 12.4 Å². The van der Waals surface area contributed by atoms with Gasteiger partial charge in [0.2, 0.25) is 0 Å². The summed E-state index contributed by atoms with van der Waals surface area (Å²) in [6.45, 7) is 1.52. The van der Waals surface area contributed by atoms with Crippen LogP contribution in [0.2, 0.25) is 0 Å². The van der Waals surface area contributed by atoms with E-state index in [1.165, 1.54) is 26.2 Å². The second-order valence-electron chi connectivity index (χ2n) is 3.47. The van der Waals surface area contributed by atoms with Gasteiger partial charge in [-0.05, 0) is 19.1 Å². The number of nitrogens with one attached hydrogen (secondary N) is 1. The number of hydrogen-bond acceptors (Lipinski definition) is 5. The van der Waals surface area contributed by atoms with Gasteiger partial charge in [-0.2, -0.15) is 5.26 Å². The van der Waals surface area contributed by atoms with Crippen LogP contribution >= 0.6 is 0 Å². The number of nitro groups is 1. The van der Waals surface area contributed by atoms with Gasteiger partial charge >= 0.3 is 0 Å². The van der Waals surface area contributed by atoms with E-state index in [0.29, 0.717) is 0 Å². The number of rotatable bonds is 4. The van der Waals surface area contributed by atoms with Gasteiger partial charge in [0.1, 0.15) is 11.8 Å². The molecule has 0 bridgehead atoms. The van der Waals surface area contributed by atoms with Gasteiger partial charge in [0, 0.05) is 13.2 Å². The van der Waals surface area contributed by atoms with Gasteiger partial charge in [-0.1, -0.05) is 0 Å². The number of nitrogens with zero attached hydrogens (tertiary/aromatic N) is 2. The second kappa shape index (κ2) is 5.75. The molecule has 0 radical (unpaired) electrons. The van der Waals surface area contributed by atoms with Crippen molar-refractivity contribution in [1.29, 1.82) is 5.26 Å². The predicted octanol–water partition coefficient (Wildman–Crippen LogP) is 1.44. The van der Waals surface area contributed by atoms with E-state index in [0.717, 1.165) is 6.07 Å². The molecule has 1 unspecified atom stereocenters. The lowest BCUT2D eigenvalue weighted by Crippen LogP contribution is -2.26. The summed E-state index contributed by atoms with van der Waals surface area (Å²) in [4.78, 5) is 21.7. The molecule has 1 rings (SSSR count). The van der Waals surface area contributed by atoms with E-state index in [1.807, 2.05) is 0 Å². The SMILES string of the molecule is COC(C)C(=O)Nc1ccc(C#N)cc1[N+](=O)[O-]. The molecule has 0 saturated heterocycles. The van der Waals surface area contributed by atoms with Crippen molar-refractivity contribution in [2.24, 2.45) is 0 Å². The lowest BCUT2D eigenvalue weighted by Gasteiger charge is -2.10. The van der Waals surface area contributed by atoms with E-state index in [2.05, 4.69) is 5.32 Å². The highest BCUT2D eigenvalue weighted by atomic mass is 16.6. The Morgan fingerprint density at radius 3 is 2.78 bits per heavy atom. The van der Waals surface area contributed by atoms with E-state index >= 15 is 0 Å². The quantitative estimate of drug-likeness (QED) is 0.642. The fourth-order valence-corrected chi connectivity index (χ4v) is 1.20. The maximum atomic E-state index is 11.5. The Bertz CT molecular complexity index is 522. The van der Waals surface area contributed by atoms with Gasteiger partial charge in [-0.25, -0.2) is 0 Å². The Labute approximate surface area is 103 Å². The van der Waals surface area contributed by atoms with Crippen molar-refractivity contribution >= 4 is 17.3 Å². The van der Waals surface area contributed by atoms with Gasteiger partial charge < -0.3 is 10.1 Å². The van der Waals surface area contributed by atoms with Crippen LogP contribution in [0.1, 0.15) is 12.5 Å². The molecule has 0 fully saturated rings. The molecule has 1 aromatic rings. The minimum absolute atomic E-state index is 0.0351. The monoisotopic (exact) mass is 249 g/mol. The zero-order chi connectivity index (χ0) is 13.7. The van der Waals surface area contributed by atoms with Crippen molar-refractivity contribution in [3.8, 4) is 6.07 Å². The summed E-state index contributed by atoms with van der Waals surface area (Å²) in [6, 6.07) is 5.60. The van der Waals surface area contributed by atoms with Crippen LogP contribution in [-0.2, 0) is 9.53 Å². The molecule has 1 amide bonds. The number of nitro benzene ring substituents is 1. The summed E-state index contributed by atoms with van der Waals surface area (Å²) in [7, 11) is 1.36. The van der Waals surface area contributed by atoms with Crippen LogP contribution < -0.4 is 5.32 Å². The number of nitriles is 1. The predicted molar refractivity (Wildman–Crippen MR) is 62.9 cm³/mol. The molecule has 0 spiro atoms. The Balaban J connectivity index is 3.06. The smallest absolute Gasteiger partial charge is 0.294 e. The Hall–Kier alpha value is -2.46. The third kappa shape index (κ3) is 3.02. The minimum Gasteiger partial charge on any atom is -0.372 e. The van der Waals surface area contributed by atoms with Crippen LogP contribution in [0.15, 0.2) is 18.2 Å². The fraction of sp³-hybridized carbons (Fsp3) is 0.273. The fourth-order valence-electron chi connectivity index (χ4n) is 1.20. The number of carbonyl (C=O) groups excluding carboxylic acids is 1. The average Bonchev–Trinajstić information content (AvgIpc) is 2.37. The highest BCUT2D eigenvalue weighted by Gasteiger charge is 2.19. The number of amides is 1. The first-order valence-electron chi connectivity index (χ1n) is 5.01. The lowest BCUT2D eigenvalue weighted by molar-refractivity contribution is -0.384. The zero-order valence-electron chi connectivity index (χ0n) is 9.84. The molecule has 18 heavy (non-hydrogen) atoms. The third-order valence-electron chi connectivity index (χ3n) is 2.30. The highest BCUT2D eigenvalue weighted by Crippen LogP contribution is 2.25. The molecule has 0 aliphatic carbocycles. The van der Waals surface area contributed by atoms with E-state index in [1.54, 1.807) is 6.07 Å². The first-order valence-corrected chi connectivity index (χ1v) is 5.01. The van der Waals surface area contributed by atoms with Crippen LogP contribution in [0.4, 0.5) is 11.4 Å². The molecule has 1 aromatic carbocycles. The normalized spacial score (nSPS) is 11.4. The maximum absolute atomic E-state index is 11.5. The van der Waals surface area contributed by atoms with Crippen molar-refractivity contribution in [2.45, 2.75) is 13.0 Å². The van der Waals surface area contributed by atoms with Crippen molar-refractivity contribution in [3.05, 3.63) is 33.9 Å². The summed E-state index contributed by atoms with van der Waals surface area (Å²) in [5, 5.41) is 21.9. The molecular weight excluding hydrogens is 238 g/mol. The van der Waals surface area contributed by atoms with Crippen LogP contribution in [0.25, 0.3) is 0 Å². The van der Waals surface area contributed by atoms with Crippen molar-refractivity contribution in [3.63, 3.8) is 0 Å². The van der Waals surface area contributed by atoms with Crippen LogP contribution in [-0.4, -0.2) is 24.0 Å². The van der Waals surface area contributed by atoms with Crippen molar-refractivity contribution < 1.29 is 14.5 Å². The lowest BCUT2D eigenvalue weighted by atomic mass is 10.2. The van der Waals surface area contributed by atoms with E-state index in [9.17, 15) is 14.9 Å². The molecule has 0 saturated carbocycles. The summed E-state index contributed by atoms with van der Waals surface area (Å²) in [6.07, 6.45) is -0.722. The standard InChI is InChI=1S/C11H11N3O4/c1-7(18-2)11(15)13-9-4-3-8(6-12)5-10(9)14(16)17/h3-5,7H,1-2H3,(H,13,15). The second-order valence-corrected chi connectivity index (χ2v) is 3.47. The van der Waals surface area contributed by atoms with Crippen LogP contribution in [0, 0.1) is 21.4 Å². The minimum atomic E-state index is -0.722. The van der Waals surface area contributed by atoms with E-state index < -0.39 is 16.9 Å². The zero-order valence-corrected chi connectivity index (χ0v) is 9.84. The summed E-state index contributed by atoms with van der Waals surface area (Å²) >= 11 is 0. The maximum Gasteiger partial charge on any atom is 0.294 e. The molecule has 7 nitrogen and oxygen atoms in total. The van der Waals surface area contributed by atoms with Gasteiger partial charge in [-0.15, -0.1) is 0 Å². The number of carbonyl (C=O) groups is 1. The first-order chi connectivity index (χ1) is 8.49. The number of hydrogen-bond donors (Lipinski definition) is 1. The largest absolute Gasteiger partial charge is 0.372 e. The average molecular weight is 249 g/mol. The summed E-state index contributed by atoms with van der Waals surface area (Å²) < 4.78 is 4.80. The molecule has 94 valence electrons. The summed E-state index contributed by atoms with van der Waals surface area (Å²) in [5.41, 5.74) is -0.141.